The molecule has 0 unspecified atom stereocenters. The van der Waals surface area contributed by atoms with Gasteiger partial charge in [-0.1, -0.05) is 0 Å². The molecule has 1 aromatic heterocycles. The summed E-state index contributed by atoms with van der Waals surface area (Å²) in [6, 6.07) is 1.51. The summed E-state index contributed by atoms with van der Waals surface area (Å²) in [5.41, 5.74) is 6.30. The van der Waals surface area contributed by atoms with Crippen molar-refractivity contribution in [2.45, 2.75) is 19.5 Å². The van der Waals surface area contributed by atoms with Gasteiger partial charge in [-0.05, 0) is 18.6 Å². The average Bonchev–Trinajstić information content (AvgIpc) is 2.06. The molecular formula is C9H10F3N3O. The van der Waals surface area contributed by atoms with Gasteiger partial charge < -0.3 is 11.1 Å². The number of nitrogens with zero attached hydrogens (tertiary/aromatic N) is 1. The zero-order valence-corrected chi connectivity index (χ0v) is 8.43. The highest BCUT2D eigenvalue weighted by Gasteiger charge is 2.31. The van der Waals surface area contributed by atoms with Gasteiger partial charge in [0.2, 0.25) is 5.91 Å². The summed E-state index contributed by atoms with van der Waals surface area (Å²) in [6.07, 6.45) is -4.79. The minimum Gasteiger partial charge on any atom is -0.397 e. The SMILES string of the molecule is Cc1cc(N)cnc1NC(=O)CC(F)(F)F. The number of amides is 1. The van der Waals surface area contributed by atoms with Gasteiger partial charge in [0.25, 0.3) is 0 Å². The van der Waals surface area contributed by atoms with E-state index in [1.54, 1.807) is 6.92 Å². The van der Waals surface area contributed by atoms with Gasteiger partial charge in [-0.3, -0.25) is 4.79 Å². The number of aromatic nitrogens is 1. The lowest BCUT2D eigenvalue weighted by molar-refractivity contribution is -0.150. The molecule has 1 aromatic rings. The lowest BCUT2D eigenvalue weighted by atomic mass is 10.2. The topological polar surface area (TPSA) is 68.0 Å². The van der Waals surface area contributed by atoms with E-state index in [-0.39, 0.29) is 5.82 Å². The van der Waals surface area contributed by atoms with E-state index in [1.807, 2.05) is 0 Å². The molecule has 1 rings (SSSR count). The molecule has 0 saturated carbocycles. The molecule has 0 aromatic carbocycles. The molecule has 16 heavy (non-hydrogen) atoms. The number of halogens is 3. The first-order valence-corrected chi connectivity index (χ1v) is 4.36. The van der Waals surface area contributed by atoms with Crippen LogP contribution in [0.5, 0.6) is 0 Å². The minimum atomic E-state index is -4.52. The van der Waals surface area contributed by atoms with E-state index in [0.717, 1.165) is 0 Å². The molecule has 4 nitrogen and oxygen atoms in total. The molecule has 0 aliphatic carbocycles. The van der Waals surface area contributed by atoms with Crippen LogP contribution in [0.25, 0.3) is 0 Å². The van der Waals surface area contributed by atoms with E-state index in [1.165, 1.54) is 12.3 Å². The van der Waals surface area contributed by atoms with E-state index in [0.29, 0.717) is 11.3 Å². The monoisotopic (exact) mass is 233 g/mol. The number of nitrogens with one attached hydrogen (secondary N) is 1. The Labute approximate surface area is 89.7 Å². The quantitative estimate of drug-likeness (QED) is 0.819. The lowest BCUT2D eigenvalue weighted by Gasteiger charge is -2.09. The van der Waals surface area contributed by atoms with Crippen molar-refractivity contribution in [3.63, 3.8) is 0 Å². The Morgan fingerprint density at radius 1 is 1.56 bits per heavy atom. The van der Waals surface area contributed by atoms with E-state index >= 15 is 0 Å². The highest BCUT2D eigenvalue weighted by Crippen LogP contribution is 2.21. The smallest absolute Gasteiger partial charge is 0.397 e. The number of pyridine rings is 1. The zero-order valence-electron chi connectivity index (χ0n) is 8.43. The molecule has 0 fully saturated rings. The van der Waals surface area contributed by atoms with Gasteiger partial charge in [-0.15, -0.1) is 0 Å². The van der Waals surface area contributed by atoms with Gasteiger partial charge >= 0.3 is 6.18 Å². The van der Waals surface area contributed by atoms with Crippen molar-refractivity contribution in [3.05, 3.63) is 17.8 Å². The molecular weight excluding hydrogens is 223 g/mol. The molecule has 0 atom stereocenters. The van der Waals surface area contributed by atoms with Crippen molar-refractivity contribution < 1.29 is 18.0 Å². The normalized spacial score (nSPS) is 11.2. The van der Waals surface area contributed by atoms with E-state index in [2.05, 4.69) is 10.3 Å². The van der Waals surface area contributed by atoms with Crippen molar-refractivity contribution in [2.24, 2.45) is 0 Å². The summed E-state index contributed by atoms with van der Waals surface area (Å²) in [5, 5.41) is 2.07. The third kappa shape index (κ3) is 3.76. The van der Waals surface area contributed by atoms with Crippen LogP contribution in [0.2, 0.25) is 0 Å². The van der Waals surface area contributed by atoms with E-state index < -0.39 is 18.5 Å². The van der Waals surface area contributed by atoms with Gasteiger partial charge in [0, 0.05) is 0 Å². The van der Waals surface area contributed by atoms with Crippen molar-refractivity contribution in [1.82, 2.24) is 4.98 Å². The standard InChI is InChI=1S/C9H10F3N3O/c1-5-2-6(13)4-14-8(5)15-7(16)3-9(10,11)12/h2,4H,3,13H2,1H3,(H,14,15,16). The highest BCUT2D eigenvalue weighted by atomic mass is 19.4. The fraction of sp³-hybridized carbons (Fsp3) is 0.333. The number of aryl methyl sites for hydroxylation is 1. The first-order chi connectivity index (χ1) is 7.28. The van der Waals surface area contributed by atoms with Gasteiger partial charge in [0.15, 0.2) is 0 Å². The Bertz CT molecular complexity index is 403. The van der Waals surface area contributed by atoms with Crippen LogP contribution >= 0.6 is 0 Å². The van der Waals surface area contributed by atoms with E-state index in [9.17, 15) is 18.0 Å². The second-order valence-corrected chi connectivity index (χ2v) is 3.27. The molecule has 0 saturated heterocycles. The Balaban J connectivity index is 2.70. The van der Waals surface area contributed by atoms with E-state index in [4.69, 9.17) is 5.73 Å². The van der Waals surface area contributed by atoms with Crippen molar-refractivity contribution in [1.29, 1.82) is 0 Å². The van der Waals surface area contributed by atoms with Gasteiger partial charge in [-0.25, -0.2) is 4.98 Å². The molecule has 3 N–H and O–H groups in total. The zero-order chi connectivity index (χ0) is 12.3. The summed E-state index contributed by atoms with van der Waals surface area (Å²) in [5.74, 6) is -1.06. The Hall–Kier alpha value is -1.79. The maximum atomic E-state index is 11.9. The first kappa shape index (κ1) is 12.3. The molecule has 1 heterocycles. The number of alkyl halides is 3. The van der Waals surface area contributed by atoms with Crippen LogP contribution in [0.3, 0.4) is 0 Å². The lowest BCUT2D eigenvalue weighted by Crippen LogP contribution is -2.22. The van der Waals surface area contributed by atoms with Gasteiger partial charge in [0.1, 0.15) is 12.2 Å². The third-order valence-corrected chi connectivity index (χ3v) is 1.72. The number of nitrogen functional groups attached to an aromatic ring is 1. The van der Waals surface area contributed by atoms with Crippen LogP contribution in [0.4, 0.5) is 24.7 Å². The van der Waals surface area contributed by atoms with Crippen LogP contribution in [0.15, 0.2) is 12.3 Å². The summed E-state index contributed by atoms with van der Waals surface area (Å²) >= 11 is 0. The fourth-order valence-electron chi connectivity index (χ4n) is 1.09. The predicted molar refractivity (Wildman–Crippen MR) is 52.7 cm³/mol. The number of anilines is 2. The number of hydrogen-bond acceptors (Lipinski definition) is 3. The molecule has 7 heteroatoms. The van der Waals surface area contributed by atoms with Crippen LogP contribution < -0.4 is 11.1 Å². The molecule has 0 radical (unpaired) electrons. The minimum absolute atomic E-state index is 0.0865. The Morgan fingerprint density at radius 3 is 2.69 bits per heavy atom. The van der Waals surface area contributed by atoms with Gasteiger partial charge in [-0.2, -0.15) is 13.2 Å². The maximum Gasteiger partial charge on any atom is 0.397 e. The Kier molecular flexibility index (Phi) is 3.36. The van der Waals surface area contributed by atoms with Crippen LogP contribution in [-0.2, 0) is 4.79 Å². The second-order valence-electron chi connectivity index (χ2n) is 3.27. The predicted octanol–water partition coefficient (Wildman–Crippen LogP) is 1.86. The van der Waals surface area contributed by atoms with Gasteiger partial charge in [0.05, 0.1) is 11.9 Å². The molecule has 0 aliphatic rings. The third-order valence-electron chi connectivity index (χ3n) is 1.72. The highest BCUT2D eigenvalue weighted by molar-refractivity contribution is 5.90. The maximum absolute atomic E-state index is 11.9. The number of nitrogens with two attached hydrogens (primary N) is 1. The van der Waals surface area contributed by atoms with Crippen molar-refractivity contribution >= 4 is 17.4 Å². The number of carbonyl (C=O) groups excluding carboxylic acids is 1. The van der Waals surface area contributed by atoms with Crippen molar-refractivity contribution in [3.8, 4) is 0 Å². The molecule has 0 aliphatic heterocycles. The summed E-state index contributed by atoms with van der Waals surface area (Å²) in [7, 11) is 0. The molecule has 0 spiro atoms. The Morgan fingerprint density at radius 2 is 2.19 bits per heavy atom. The second kappa shape index (κ2) is 4.38. The first-order valence-electron chi connectivity index (χ1n) is 4.36. The van der Waals surface area contributed by atoms with Crippen LogP contribution in [0, 0.1) is 6.92 Å². The number of carbonyl (C=O) groups is 1. The number of rotatable bonds is 2. The summed E-state index contributed by atoms with van der Waals surface area (Å²) < 4.78 is 35.6. The average molecular weight is 233 g/mol. The summed E-state index contributed by atoms with van der Waals surface area (Å²) in [6.45, 7) is 1.59. The fourth-order valence-corrected chi connectivity index (χ4v) is 1.09. The number of hydrogen-bond donors (Lipinski definition) is 2. The van der Waals surface area contributed by atoms with Crippen LogP contribution in [0.1, 0.15) is 12.0 Å². The largest absolute Gasteiger partial charge is 0.397 e. The summed E-state index contributed by atoms with van der Waals surface area (Å²) in [4.78, 5) is 14.7. The molecule has 88 valence electrons. The molecule has 1 amide bonds. The molecule has 0 bridgehead atoms. The van der Waals surface area contributed by atoms with Crippen LogP contribution in [-0.4, -0.2) is 17.1 Å². The van der Waals surface area contributed by atoms with Crippen molar-refractivity contribution in [2.75, 3.05) is 11.1 Å².